The standard InChI is InChI=1S/C14H13N5O/c1-9-10(8-19(2)18-9)3-4-13-16-12-7-15-6-5-11(12)14(20)17-13/h3-8H,1-2H3,(H,16,17,20). The number of hydrogen-bond acceptors (Lipinski definition) is 4. The summed E-state index contributed by atoms with van der Waals surface area (Å²) in [5.41, 5.74) is 2.33. The van der Waals surface area contributed by atoms with Crippen molar-refractivity contribution in [1.29, 1.82) is 0 Å². The summed E-state index contributed by atoms with van der Waals surface area (Å²) in [6.07, 6.45) is 8.71. The Hall–Kier alpha value is -2.76. The largest absolute Gasteiger partial charge is 0.306 e. The third-order valence-corrected chi connectivity index (χ3v) is 3.00. The van der Waals surface area contributed by atoms with Gasteiger partial charge in [-0.1, -0.05) is 0 Å². The van der Waals surface area contributed by atoms with E-state index in [1.54, 1.807) is 29.2 Å². The molecule has 0 spiro atoms. The third-order valence-electron chi connectivity index (χ3n) is 3.00. The highest BCUT2D eigenvalue weighted by molar-refractivity contribution is 5.78. The topological polar surface area (TPSA) is 76.5 Å². The van der Waals surface area contributed by atoms with E-state index in [0.717, 1.165) is 11.3 Å². The fourth-order valence-electron chi connectivity index (χ4n) is 2.04. The summed E-state index contributed by atoms with van der Waals surface area (Å²) in [4.78, 5) is 23.0. The third kappa shape index (κ3) is 2.23. The summed E-state index contributed by atoms with van der Waals surface area (Å²) in [7, 11) is 1.87. The van der Waals surface area contributed by atoms with Crippen LogP contribution in [0.1, 0.15) is 17.1 Å². The fourth-order valence-corrected chi connectivity index (χ4v) is 2.04. The van der Waals surface area contributed by atoms with Gasteiger partial charge < -0.3 is 4.98 Å². The second kappa shape index (κ2) is 4.73. The zero-order valence-corrected chi connectivity index (χ0v) is 11.2. The molecule has 0 aliphatic rings. The van der Waals surface area contributed by atoms with E-state index in [1.165, 1.54) is 0 Å². The molecule has 0 aliphatic heterocycles. The Labute approximate surface area is 114 Å². The van der Waals surface area contributed by atoms with Gasteiger partial charge in [0.1, 0.15) is 5.82 Å². The second-order valence-electron chi connectivity index (χ2n) is 4.52. The number of H-pyrrole nitrogens is 1. The molecule has 3 rings (SSSR count). The van der Waals surface area contributed by atoms with E-state index in [0.29, 0.717) is 16.7 Å². The van der Waals surface area contributed by atoms with Gasteiger partial charge in [0.05, 0.1) is 22.8 Å². The molecule has 6 nitrogen and oxygen atoms in total. The maximum Gasteiger partial charge on any atom is 0.259 e. The van der Waals surface area contributed by atoms with Crippen molar-refractivity contribution in [2.75, 3.05) is 0 Å². The summed E-state index contributed by atoms with van der Waals surface area (Å²) in [6.45, 7) is 1.93. The van der Waals surface area contributed by atoms with Crippen LogP contribution in [0.5, 0.6) is 0 Å². The lowest BCUT2D eigenvalue weighted by atomic mass is 10.2. The van der Waals surface area contributed by atoms with Crippen LogP contribution in [0.15, 0.2) is 29.5 Å². The van der Waals surface area contributed by atoms with Gasteiger partial charge in [-0.25, -0.2) is 4.98 Å². The van der Waals surface area contributed by atoms with Crippen molar-refractivity contribution in [3.63, 3.8) is 0 Å². The first kappa shape index (κ1) is 12.3. The first-order chi connectivity index (χ1) is 9.63. The smallest absolute Gasteiger partial charge is 0.259 e. The quantitative estimate of drug-likeness (QED) is 0.764. The number of pyridine rings is 1. The van der Waals surface area contributed by atoms with Crippen molar-refractivity contribution in [3.05, 3.63) is 52.1 Å². The van der Waals surface area contributed by atoms with E-state index in [9.17, 15) is 4.79 Å². The molecular formula is C14H13N5O. The van der Waals surface area contributed by atoms with Gasteiger partial charge in [-0.15, -0.1) is 0 Å². The Morgan fingerprint density at radius 3 is 2.95 bits per heavy atom. The molecule has 3 aromatic heterocycles. The normalized spacial score (nSPS) is 11.5. The van der Waals surface area contributed by atoms with Gasteiger partial charge in [-0.05, 0) is 25.1 Å². The van der Waals surface area contributed by atoms with E-state index < -0.39 is 0 Å². The Morgan fingerprint density at radius 1 is 1.35 bits per heavy atom. The van der Waals surface area contributed by atoms with Crippen molar-refractivity contribution in [3.8, 4) is 0 Å². The Bertz CT molecular complexity index is 859. The van der Waals surface area contributed by atoms with Crippen LogP contribution in [0, 0.1) is 6.92 Å². The Balaban J connectivity index is 2.03. The summed E-state index contributed by atoms with van der Waals surface area (Å²) in [5.74, 6) is 0.499. The predicted molar refractivity (Wildman–Crippen MR) is 77.0 cm³/mol. The minimum atomic E-state index is -0.167. The van der Waals surface area contributed by atoms with Gasteiger partial charge in [0.2, 0.25) is 0 Å². The number of hydrogen-bond donors (Lipinski definition) is 1. The molecule has 0 aromatic carbocycles. The van der Waals surface area contributed by atoms with Gasteiger partial charge in [0.25, 0.3) is 5.56 Å². The van der Waals surface area contributed by atoms with Crippen LogP contribution >= 0.6 is 0 Å². The maximum atomic E-state index is 11.9. The first-order valence-corrected chi connectivity index (χ1v) is 6.16. The Morgan fingerprint density at radius 2 is 2.20 bits per heavy atom. The highest BCUT2D eigenvalue weighted by Gasteiger charge is 2.02. The van der Waals surface area contributed by atoms with E-state index >= 15 is 0 Å². The van der Waals surface area contributed by atoms with Crippen LogP contribution in [0.25, 0.3) is 23.1 Å². The number of nitrogens with one attached hydrogen (secondary N) is 1. The predicted octanol–water partition coefficient (Wildman–Crippen LogP) is 1.53. The Kier molecular flexibility index (Phi) is 2.90. The molecule has 1 N–H and O–H groups in total. The van der Waals surface area contributed by atoms with Crippen LogP contribution in [0.4, 0.5) is 0 Å². The van der Waals surface area contributed by atoms with E-state index in [-0.39, 0.29) is 5.56 Å². The number of aryl methyl sites for hydroxylation is 2. The first-order valence-electron chi connectivity index (χ1n) is 6.16. The maximum absolute atomic E-state index is 11.9. The molecular weight excluding hydrogens is 254 g/mol. The summed E-state index contributed by atoms with van der Waals surface area (Å²) in [5, 5.41) is 4.79. The average Bonchev–Trinajstić information content (AvgIpc) is 2.75. The SMILES string of the molecule is Cc1nn(C)cc1C=Cc1nc2cnccc2c(=O)[nH]1. The molecule has 0 unspecified atom stereocenters. The molecule has 0 radical (unpaired) electrons. The molecule has 100 valence electrons. The van der Waals surface area contributed by atoms with Crippen molar-refractivity contribution < 1.29 is 0 Å². The van der Waals surface area contributed by atoms with Crippen molar-refractivity contribution in [1.82, 2.24) is 24.7 Å². The minimum absolute atomic E-state index is 0.167. The van der Waals surface area contributed by atoms with Crippen LogP contribution in [0.3, 0.4) is 0 Å². The van der Waals surface area contributed by atoms with Crippen LogP contribution < -0.4 is 5.56 Å². The number of aromatic nitrogens is 5. The number of rotatable bonds is 2. The number of nitrogens with zero attached hydrogens (tertiary/aromatic N) is 4. The summed E-state index contributed by atoms with van der Waals surface area (Å²) < 4.78 is 1.75. The molecule has 6 heteroatoms. The van der Waals surface area contributed by atoms with Gasteiger partial charge in [0.15, 0.2) is 0 Å². The van der Waals surface area contributed by atoms with Gasteiger partial charge >= 0.3 is 0 Å². The average molecular weight is 267 g/mol. The molecule has 20 heavy (non-hydrogen) atoms. The highest BCUT2D eigenvalue weighted by Crippen LogP contribution is 2.10. The van der Waals surface area contributed by atoms with Crippen molar-refractivity contribution in [2.24, 2.45) is 7.05 Å². The molecule has 0 aliphatic carbocycles. The molecule has 0 saturated heterocycles. The van der Waals surface area contributed by atoms with Crippen LogP contribution in [-0.4, -0.2) is 24.7 Å². The summed E-state index contributed by atoms with van der Waals surface area (Å²) in [6, 6.07) is 1.65. The molecule has 0 fully saturated rings. The van der Waals surface area contributed by atoms with Gasteiger partial charge in [-0.3, -0.25) is 14.5 Å². The fraction of sp³-hybridized carbons (Fsp3) is 0.143. The zero-order chi connectivity index (χ0) is 14.1. The molecule has 0 amide bonds. The van der Waals surface area contributed by atoms with Crippen molar-refractivity contribution >= 4 is 23.1 Å². The van der Waals surface area contributed by atoms with E-state index in [1.807, 2.05) is 26.2 Å². The lowest BCUT2D eigenvalue weighted by Gasteiger charge is -1.97. The molecule has 0 atom stereocenters. The molecule has 0 bridgehead atoms. The van der Waals surface area contributed by atoms with Gasteiger partial charge in [-0.2, -0.15) is 5.10 Å². The van der Waals surface area contributed by atoms with Gasteiger partial charge in [0, 0.05) is 25.0 Å². The van der Waals surface area contributed by atoms with E-state index in [2.05, 4.69) is 20.1 Å². The lowest BCUT2D eigenvalue weighted by molar-refractivity contribution is 0.756. The molecule has 3 aromatic rings. The minimum Gasteiger partial charge on any atom is -0.306 e. The second-order valence-corrected chi connectivity index (χ2v) is 4.52. The van der Waals surface area contributed by atoms with E-state index in [4.69, 9.17) is 0 Å². The lowest BCUT2D eigenvalue weighted by Crippen LogP contribution is -2.09. The molecule has 3 heterocycles. The van der Waals surface area contributed by atoms with Crippen molar-refractivity contribution in [2.45, 2.75) is 6.92 Å². The van der Waals surface area contributed by atoms with Crippen LogP contribution in [-0.2, 0) is 7.05 Å². The highest BCUT2D eigenvalue weighted by atomic mass is 16.1. The summed E-state index contributed by atoms with van der Waals surface area (Å²) >= 11 is 0. The zero-order valence-electron chi connectivity index (χ0n) is 11.2. The molecule has 0 saturated carbocycles. The van der Waals surface area contributed by atoms with Crippen LogP contribution in [0.2, 0.25) is 0 Å². The number of aromatic amines is 1. The monoisotopic (exact) mass is 267 g/mol. The number of fused-ring (bicyclic) bond motifs is 1.